The molecule has 0 saturated heterocycles. The highest BCUT2D eigenvalue weighted by Crippen LogP contribution is 2.21. The number of amides is 1. The van der Waals surface area contributed by atoms with Gasteiger partial charge in [0, 0.05) is 12.1 Å². The number of hydrogen-bond acceptors (Lipinski definition) is 2. The van der Waals surface area contributed by atoms with Crippen molar-refractivity contribution in [1.82, 2.24) is 5.32 Å². The van der Waals surface area contributed by atoms with Crippen molar-refractivity contribution in [2.24, 2.45) is 0 Å². The van der Waals surface area contributed by atoms with E-state index in [1.54, 1.807) is 0 Å². The number of carboxylic acid groups (broad SMARTS) is 1. The molecule has 0 unspecified atom stereocenters. The third-order valence-electron chi connectivity index (χ3n) is 3.22. The first kappa shape index (κ1) is 14.2. The first-order chi connectivity index (χ1) is 8.34. The van der Waals surface area contributed by atoms with E-state index in [4.69, 9.17) is 5.11 Å². The molecule has 0 aromatic heterocycles. The Morgan fingerprint density at radius 3 is 2.06 bits per heavy atom. The van der Waals surface area contributed by atoms with E-state index in [0.29, 0.717) is 5.56 Å². The van der Waals surface area contributed by atoms with Crippen LogP contribution in [0.25, 0.3) is 0 Å². The highest BCUT2D eigenvalue weighted by atomic mass is 16.4. The van der Waals surface area contributed by atoms with Gasteiger partial charge in [-0.2, -0.15) is 0 Å². The van der Waals surface area contributed by atoms with Gasteiger partial charge in [0.15, 0.2) is 0 Å². The SMILES string of the molecule is Cc1cc(C)c(C)c(C(=O)NCCC(=O)O)c1C. The molecule has 2 N–H and O–H groups in total. The van der Waals surface area contributed by atoms with Crippen LogP contribution in [0.1, 0.15) is 39.0 Å². The lowest BCUT2D eigenvalue weighted by Gasteiger charge is -2.14. The van der Waals surface area contributed by atoms with E-state index < -0.39 is 5.97 Å². The molecule has 18 heavy (non-hydrogen) atoms. The van der Waals surface area contributed by atoms with Gasteiger partial charge in [-0.25, -0.2) is 0 Å². The fourth-order valence-corrected chi connectivity index (χ4v) is 1.93. The third kappa shape index (κ3) is 3.09. The van der Waals surface area contributed by atoms with Crippen molar-refractivity contribution >= 4 is 11.9 Å². The summed E-state index contributed by atoms with van der Waals surface area (Å²) in [4.78, 5) is 22.5. The van der Waals surface area contributed by atoms with E-state index >= 15 is 0 Å². The summed E-state index contributed by atoms with van der Waals surface area (Å²) in [6.07, 6.45) is -0.0609. The molecular weight excluding hydrogens is 230 g/mol. The normalized spacial score (nSPS) is 10.2. The van der Waals surface area contributed by atoms with E-state index in [9.17, 15) is 9.59 Å². The van der Waals surface area contributed by atoms with Crippen LogP contribution in [-0.2, 0) is 4.79 Å². The minimum Gasteiger partial charge on any atom is -0.481 e. The molecule has 1 amide bonds. The number of carbonyl (C=O) groups is 2. The zero-order valence-corrected chi connectivity index (χ0v) is 11.3. The van der Waals surface area contributed by atoms with Gasteiger partial charge in [0.05, 0.1) is 6.42 Å². The fourth-order valence-electron chi connectivity index (χ4n) is 1.93. The van der Waals surface area contributed by atoms with Gasteiger partial charge >= 0.3 is 5.97 Å². The predicted molar refractivity (Wildman–Crippen MR) is 70.0 cm³/mol. The van der Waals surface area contributed by atoms with E-state index in [2.05, 4.69) is 11.4 Å². The van der Waals surface area contributed by atoms with Crippen molar-refractivity contribution in [1.29, 1.82) is 0 Å². The molecule has 0 atom stereocenters. The van der Waals surface area contributed by atoms with Crippen molar-refractivity contribution in [2.75, 3.05) is 6.54 Å². The van der Waals surface area contributed by atoms with Gasteiger partial charge in [-0.3, -0.25) is 9.59 Å². The van der Waals surface area contributed by atoms with Crippen molar-refractivity contribution in [3.05, 3.63) is 33.9 Å². The Morgan fingerprint density at radius 1 is 1.11 bits per heavy atom. The van der Waals surface area contributed by atoms with Crippen LogP contribution in [0.3, 0.4) is 0 Å². The van der Waals surface area contributed by atoms with Crippen molar-refractivity contribution in [2.45, 2.75) is 34.1 Å². The highest BCUT2D eigenvalue weighted by molar-refractivity contribution is 5.97. The molecule has 0 heterocycles. The number of benzene rings is 1. The maximum absolute atomic E-state index is 12.1. The van der Waals surface area contributed by atoms with Crippen LogP contribution in [0, 0.1) is 27.7 Å². The first-order valence-corrected chi connectivity index (χ1v) is 5.92. The summed E-state index contributed by atoms with van der Waals surface area (Å²) in [7, 11) is 0. The molecule has 4 heteroatoms. The van der Waals surface area contributed by atoms with Gasteiger partial charge in [0.25, 0.3) is 5.91 Å². The number of aryl methyl sites for hydroxylation is 2. The summed E-state index contributed by atoms with van der Waals surface area (Å²) in [5.41, 5.74) is 4.71. The molecule has 1 rings (SSSR count). The number of rotatable bonds is 4. The summed E-state index contributed by atoms with van der Waals surface area (Å²) in [6.45, 7) is 7.91. The lowest BCUT2D eigenvalue weighted by molar-refractivity contribution is -0.136. The topological polar surface area (TPSA) is 66.4 Å². The second-order valence-electron chi connectivity index (χ2n) is 4.54. The van der Waals surface area contributed by atoms with Crippen LogP contribution in [0.15, 0.2) is 6.07 Å². The summed E-state index contributed by atoms with van der Waals surface area (Å²) in [5, 5.41) is 11.2. The van der Waals surface area contributed by atoms with Crippen LogP contribution in [-0.4, -0.2) is 23.5 Å². The fraction of sp³-hybridized carbons (Fsp3) is 0.429. The van der Waals surface area contributed by atoms with Gasteiger partial charge in [0.2, 0.25) is 0 Å². The molecule has 1 aromatic carbocycles. The van der Waals surface area contributed by atoms with Gasteiger partial charge in [-0.05, 0) is 49.9 Å². The molecule has 0 fully saturated rings. The van der Waals surface area contributed by atoms with Crippen LogP contribution in [0.5, 0.6) is 0 Å². The summed E-state index contributed by atoms with van der Waals surface area (Å²) in [5.74, 6) is -1.11. The summed E-state index contributed by atoms with van der Waals surface area (Å²) in [6, 6.07) is 2.05. The maximum atomic E-state index is 12.1. The lowest BCUT2D eigenvalue weighted by atomic mass is 9.94. The molecule has 0 saturated carbocycles. The Labute approximate surface area is 107 Å². The largest absolute Gasteiger partial charge is 0.481 e. The number of aliphatic carboxylic acids is 1. The number of carboxylic acids is 1. The Hall–Kier alpha value is -1.84. The summed E-state index contributed by atoms with van der Waals surface area (Å²) < 4.78 is 0. The van der Waals surface area contributed by atoms with Crippen LogP contribution >= 0.6 is 0 Å². The zero-order chi connectivity index (χ0) is 13.9. The number of carbonyl (C=O) groups excluding carboxylic acids is 1. The molecule has 0 radical (unpaired) electrons. The average molecular weight is 249 g/mol. The molecular formula is C14H19NO3. The number of hydrogen-bond donors (Lipinski definition) is 2. The molecule has 0 aliphatic heterocycles. The molecule has 4 nitrogen and oxygen atoms in total. The average Bonchev–Trinajstić information content (AvgIpc) is 2.26. The smallest absolute Gasteiger partial charge is 0.305 e. The third-order valence-corrected chi connectivity index (χ3v) is 3.22. The number of nitrogens with one attached hydrogen (secondary N) is 1. The standard InChI is InChI=1S/C14H19NO3/c1-8-7-9(2)11(4)13(10(8)3)14(18)15-6-5-12(16)17/h7H,5-6H2,1-4H3,(H,15,18)(H,16,17). The van der Waals surface area contributed by atoms with Gasteiger partial charge in [-0.1, -0.05) is 6.07 Å². The molecule has 98 valence electrons. The Morgan fingerprint density at radius 2 is 1.61 bits per heavy atom. The Balaban J connectivity index is 2.95. The van der Waals surface area contributed by atoms with E-state index in [1.165, 1.54) is 0 Å². The minimum absolute atomic E-state index is 0.0609. The van der Waals surface area contributed by atoms with E-state index in [-0.39, 0.29) is 18.9 Å². The van der Waals surface area contributed by atoms with Crippen molar-refractivity contribution in [3.63, 3.8) is 0 Å². The highest BCUT2D eigenvalue weighted by Gasteiger charge is 2.15. The maximum Gasteiger partial charge on any atom is 0.305 e. The Bertz CT molecular complexity index is 466. The van der Waals surface area contributed by atoms with E-state index in [1.807, 2.05) is 27.7 Å². The van der Waals surface area contributed by atoms with E-state index in [0.717, 1.165) is 22.3 Å². The molecule has 0 spiro atoms. The minimum atomic E-state index is -0.913. The van der Waals surface area contributed by atoms with Crippen LogP contribution in [0.2, 0.25) is 0 Å². The molecule has 0 aliphatic rings. The molecule has 1 aromatic rings. The van der Waals surface area contributed by atoms with Crippen molar-refractivity contribution < 1.29 is 14.7 Å². The second-order valence-corrected chi connectivity index (χ2v) is 4.54. The summed E-state index contributed by atoms with van der Waals surface area (Å²) >= 11 is 0. The Kier molecular flexibility index (Phi) is 4.48. The van der Waals surface area contributed by atoms with Crippen molar-refractivity contribution in [3.8, 4) is 0 Å². The predicted octanol–water partition coefficient (Wildman–Crippen LogP) is 2.12. The first-order valence-electron chi connectivity index (χ1n) is 5.92. The second kappa shape index (κ2) is 5.67. The van der Waals surface area contributed by atoms with Gasteiger partial charge < -0.3 is 10.4 Å². The quantitative estimate of drug-likeness (QED) is 0.859. The van der Waals surface area contributed by atoms with Gasteiger partial charge in [0.1, 0.15) is 0 Å². The van der Waals surface area contributed by atoms with Gasteiger partial charge in [-0.15, -0.1) is 0 Å². The molecule has 0 bridgehead atoms. The monoisotopic (exact) mass is 249 g/mol. The zero-order valence-electron chi connectivity index (χ0n) is 11.3. The van der Waals surface area contributed by atoms with Crippen LogP contribution < -0.4 is 5.32 Å². The van der Waals surface area contributed by atoms with Crippen LogP contribution in [0.4, 0.5) is 0 Å². The molecule has 0 aliphatic carbocycles. The lowest BCUT2D eigenvalue weighted by Crippen LogP contribution is -2.27.